The van der Waals surface area contributed by atoms with Gasteiger partial charge in [0.25, 0.3) is 0 Å². The maximum atomic E-state index is 12.5. The first-order valence-electron chi connectivity index (χ1n) is 8.20. The van der Waals surface area contributed by atoms with Gasteiger partial charge in [-0.2, -0.15) is 0 Å². The van der Waals surface area contributed by atoms with Crippen molar-refractivity contribution in [3.8, 4) is 0 Å². The molecule has 1 heterocycles. The number of piperidine rings is 1. The van der Waals surface area contributed by atoms with Crippen LogP contribution >= 0.6 is 12.4 Å². The Balaban J connectivity index is 0.00000264. The first-order chi connectivity index (χ1) is 10.5. The predicted molar refractivity (Wildman–Crippen MR) is 95.7 cm³/mol. The molecule has 0 saturated carbocycles. The molecule has 2 N–H and O–H groups in total. The quantitative estimate of drug-likeness (QED) is 0.896. The van der Waals surface area contributed by atoms with Gasteiger partial charge in [-0.1, -0.05) is 43.7 Å². The largest absolute Gasteiger partial charge is 0.378 e. The molecule has 1 fully saturated rings. The minimum Gasteiger partial charge on any atom is -0.378 e. The summed E-state index contributed by atoms with van der Waals surface area (Å²) in [6.45, 7) is 8.60. The maximum Gasteiger partial charge on any atom is 0.244 e. The van der Waals surface area contributed by atoms with Crippen molar-refractivity contribution in [2.75, 3.05) is 19.7 Å². The van der Waals surface area contributed by atoms with Gasteiger partial charge in [0.05, 0.1) is 6.10 Å². The SMILES string of the molecule is Cc1ccc(C(N)C(=O)N2CCC(OCC(C)C)CC2)cc1.Cl. The fraction of sp³-hybridized carbons (Fsp3) is 0.611. The van der Waals surface area contributed by atoms with Crippen molar-refractivity contribution in [1.29, 1.82) is 0 Å². The first kappa shape index (κ1) is 19.9. The van der Waals surface area contributed by atoms with Crippen LogP contribution in [0.15, 0.2) is 24.3 Å². The molecule has 130 valence electrons. The number of rotatable bonds is 5. The van der Waals surface area contributed by atoms with Crippen LogP contribution in [0.3, 0.4) is 0 Å². The minimum absolute atomic E-state index is 0. The number of hydrogen-bond acceptors (Lipinski definition) is 3. The standard InChI is InChI=1S/C18H28N2O2.ClH/c1-13(2)12-22-16-8-10-20(11-9-16)18(21)17(19)15-6-4-14(3)5-7-15;/h4-7,13,16-17H,8-12,19H2,1-3H3;1H. The average Bonchev–Trinajstić information content (AvgIpc) is 2.53. The van der Waals surface area contributed by atoms with E-state index in [4.69, 9.17) is 10.5 Å². The van der Waals surface area contributed by atoms with E-state index < -0.39 is 6.04 Å². The number of ether oxygens (including phenoxy) is 1. The number of likely N-dealkylation sites (tertiary alicyclic amines) is 1. The number of nitrogens with zero attached hydrogens (tertiary/aromatic N) is 1. The van der Waals surface area contributed by atoms with E-state index in [1.54, 1.807) is 0 Å². The van der Waals surface area contributed by atoms with Crippen molar-refractivity contribution in [2.45, 2.75) is 45.8 Å². The predicted octanol–water partition coefficient (Wildman–Crippen LogP) is 3.08. The molecule has 4 nitrogen and oxygen atoms in total. The highest BCUT2D eigenvalue weighted by Gasteiger charge is 2.27. The second-order valence-electron chi connectivity index (χ2n) is 6.64. The van der Waals surface area contributed by atoms with E-state index in [0.717, 1.165) is 38.1 Å². The molecule has 1 unspecified atom stereocenters. The molecule has 1 aliphatic heterocycles. The van der Waals surface area contributed by atoms with Gasteiger partial charge >= 0.3 is 0 Å². The van der Waals surface area contributed by atoms with Gasteiger partial charge in [0.15, 0.2) is 0 Å². The third-order valence-electron chi connectivity index (χ3n) is 4.12. The van der Waals surface area contributed by atoms with Crippen LogP contribution in [0.5, 0.6) is 0 Å². The summed E-state index contributed by atoms with van der Waals surface area (Å²) in [6.07, 6.45) is 2.08. The Hall–Kier alpha value is -1.10. The summed E-state index contributed by atoms with van der Waals surface area (Å²) in [5, 5.41) is 0. The molecule has 2 rings (SSSR count). The molecule has 0 bridgehead atoms. The van der Waals surface area contributed by atoms with Gasteiger partial charge < -0.3 is 15.4 Å². The monoisotopic (exact) mass is 340 g/mol. The van der Waals surface area contributed by atoms with E-state index in [-0.39, 0.29) is 24.4 Å². The van der Waals surface area contributed by atoms with Gasteiger partial charge in [-0.25, -0.2) is 0 Å². The Morgan fingerprint density at radius 3 is 2.35 bits per heavy atom. The average molecular weight is 341 g/mol. The van der Waals surface area contributed by atoms with Crippen molar-refractivity contribution in [2.24, 2.45) is 11.7 Å². The molecule has 23 heavy (non-hydrogen) atoms. The summed E-state index contributed by atoms with van der Waals surface area (Å²) in [4.78, 5) is 14.4. The van der Waals surface area contributed by atoms with Gasteiger partial charge in [-0.15, -0.1) is 12.4 Å². The van der Waals surface area contributed by atoms with Crippen LogP contribution in [-0.2, 0) is 9.53 Å². The Kier molecular flexibility index (Phi) is 8.03. The number of carbonyl (C=O) groups excluding carboxylic acids is 1. The van der Waals surface area contributed by atoms with E-state index in [1.165, 1.54) is 5.56 Å². The van der Waals surface area contributed by atoms with Gasteiger partial charge in [-0.05, 0) is 31.2 Å². The van der Waals surface area contributed by atoms with Gasteiger partial charge in [0.1, 0.15) is 6.04 Å². The normalized spacial score (nSPS) is 17.0. The summed E-state index contributed by atoms with van der Waals surface area (Å²) < 4.78 is 5.86. The first-order valence-corrected chi connectivity index (χ1v) is 8.20. The molecule has 1 aromatic carbocycles. The van der Waals surface area contributed by atoms with Crippen LogP contribution in [0.2, 0.25) is 0 Å². The zero-order valence-electron chi connectivity index (χ0n) is 14.3. The Morgan fingerprint density at radius 1 is 1.26 bits per heavy atom. The fourth-order valence-electron chi connectivity index (χ4n) is 2.68. The summed E-state index contributed by atoms with van der Waals surface area (Å²) in [5.41, 5.74) is 8.19. The van der Waals surface area contributed by atoms with E-state index in [0.29, 0.717) is 5.92 Å². The smallest absolute Gasteiger partial charge is 0.244 e. The van der Waals surface area contributed by atoms with Crippen LogP contribution in [-0.4, -0.2) is 36.6 Å². The highest BCUT2D eigenvalue weighted by molar-refractivity contribution is 5.85. The second-order valence-corrected chi connectivity index (χ2v) is 6.64. The van der Waals surface area contributed by atoms with E-state index in [9.17, 15) is 4.79 Å². The molecule has 0 aromatic heterocycles. The third kappa shape index (κ3) is 5.79. The lowest BCUT2D eigenvalue weighted by Gasteiger charge is -2.33. The molecular formula is C18H29ClN2O2. The molecule has 0 radical (unpaired) electrons. The van der Waals surface area contributed by atoms with E-state index >= 15 is 0 Å². The molecule has 1 atom stereocenters. The molecule has 1 amide bonds. The van der Waals surface area contributed by atoms with E-state index in [1.807, 2.05) is 36.1 Å². The number of amides is 1. The van der Waals surface area contributed by atoms with Gasteiger partial charge in [-0.3, -0.25) is 4.79 Å². The van der Waals surface area contributed by atoms with Gasteiger partial charge in [0, 0.05) is 19.7 Å². The van der Waals surface area contributed by atoms with Crippen LogP contribution in [0.4, 0.5) is 0 Å². The Labute approximate surface area is 145 Å². The summed E-state index contributed by atoms with van der Waals surface area (Å²) in [7, 11) is 0. The molecule has 5 heteroatoms. The zero-order chi connectivity index (χ0) is 16.1. The van der Waals surface area contributed by atoms with Crippen molar-refractivity contribution < 1.29 is 9.53 Å². The van der Waals surface area contributed by atoms with Crippen molar-refractivity contribution in [1.82, 2.24) is 4.90 Å². The molecule has 1 aliphatic rings. The number of halogens is 1. The summed E-state index contributed by atoms with van der Waals surface area (Å²) >= 11 is 0. The topological polar surface area (TPSA) is 55.6 Å². The molecule has 1 aromatic rings. The second kappa shape index (κ2) is 9.26. The molecule has 0 aliphatic carbocycles. The molecular weight excluding hydrogens is 312 g/mol. The van der Waals surface area contributed by atoms with E-state index in [2.05, 4.69) is 13.8 Å². The third-order valence-corrected chi connectivity index (χ3v) is 4.12. The lowest BCUT2D eigenvalue weighted by molar-refractivity contribution is -0.135. The summed E-state index contributed by atoms with van der Waals surface area (Å²) in [5.74, 6) is 0.570. The van der Waals surface area contributed by atoms with Crippen molar-refractivity contribution in [3.63, 3.8) is 0 Å². The Bertz CT molecular complexity index is 482. The lowest BCUT2D eigenvalue weighted by Crippen LogP contribution is -2.45. The number of carbonyl (C=O) groups is 1. The molecule has 1 saturated heterocycles. The van der Waals surface area contributed by atoms with Crippen LogP contribution < -0.4 is 5.73 Å². The number of aryl methyl sites for hydroxylation is 1. The fourth-order valence-corrected chi connectivity index (χ4v) is 2.68. The minimum atomic E-state index is -0.561. The number of hydrogen-bond donors (Lipinski definition) is 1. The lowest BCUT2D eigenvalue weighted by atomic mass is 10.0. The van der Waals surface area contributed by atoms with Crippen LogP contribution in [0.1, 0.15) is 43.9 Å². The van der Waals surface area contributed by atoms with Crippen LogP contribution in [0.25, 0.3) is 0 Å². The number of nitrogens with two attached hydrogens (primary N) is 1. The zero-order valence-corrected chi connectivity index (χ0v) is 15.1. The van der Waals surface area contributed by atoms with Crippen LogP contribution in [0, 0.1) is 12.8 Å². The Morgan fingerprint density at radius 2 is 1.83 bits per heavy atom. The van der Waals surface area contributed by atoms with Crippen molar-refractivity contribution >= 4 is 18.3 Å². The van der Waals surface area contributed by atoms with Gasteiger partial charge in [0.2, 0.25) is 5.91 Å². The summed E-state index contributed by atoms with van der Waals surface area (Å²) in [6, 6.07) is 7.31. The highest BCUT2D eigenvalue weighted by Crippen LogP contribution is 2.19. The number of benzene rings is 1. The van der Waals surface area contributed by atoms with Crippen molar-refractivity contribution in [3.05, 3.63) is 35.4 Å². The maximum absolute atomic E-state index is 12.5. The highest BCUT2D eigenvalue weighted by atomic mass is 35.5. The molecule has 0 spiro atoms.